The lowest BCUT2D eigenvalue weighted by Gasteiger charge is -2.14. The third kappa shape index (κ3) is 4.15. The van der Waals surface area contributed by atoms with Crippen LogP contribution in [0.2, 0.25) is 0 Å². The zero-order valence-corrected chi connectivity index (χ0v) is 10.6. The van der Waals surface area contributed by atoms with Crippen molar-refractivity contribution in [3.63, 3.8) is 0 Å². The Morgan fingerprint density at radius 3 is 2.35 bits per heavy atom. The maximum absolute atomic E-state index is 12.1. The van der Waals surface area contributed by atoms with E-state index in [1.165, 1.54) is 0 Å². The van der Waals surface area contributed by atoms with Crippen LogP contribution in [0, 0.1) is 0 Å². The number of anilines is 1. The van der Waals surface area contributed by atoms with Gasteiger partial charge in [0.15, 0.2) is 0 Å². The van der Waals surface area contributed by atoms with Gasteiger partial charge in [0, 0.05) is 11.8 Å². The summed E-state index contributed by atoms with van der Waals surface area (Å²) in [6.45, 7) is 3.26. The molecule has 0 aliphatic heterocycles. The molecule has 1 aromatic carbocycles. The van der Waals surface area contributed by atoms with Crippen LogP contribution < -0.4 is 10.1 Å². The summed E-state index contributed by atoms with van der Waals surface area (Å²) >= 11 is 0. The highest BCUT2D eigenvalue weighted by Gasteiger charge is 2.38. The molecular weight excluding hydrogens is 279 g/mol. The molecule has 20 heavy (non-hydrogen) atoms. The first-order valence-corrected chi connectivity index (χ1v) is 5.53. The van der Waals surface area contributed by atoms with Gasteiger partial charge in [-0.15, -0.1) is 0 Å². The smallest absolute Gasteiger partial charge is 0.471 e. The molecule has 110 valence electrons. The molecule has 1 rings (SSSR count). The standard InChI is InChI=1S/C12H12F3NO4/c1-6(2)20-9-5-7(3-4-8(9)10(17)18)16-11(19)12(13,14)15/h3-6H,1-2H3,(H,16,19)(H,17,18). The lowest BCUT2D eigenvalue weighted by molar-refractivity contribution is -0.167. The fourth-order valence-electron chi connectivity index (χ4n) is 1.33. The number of carbonyl (C=O) groups excluding carboxylic acids is 1. The Kier molecular flexibility index (Phi) is 4.59. The normalized spacial score (nSPS) is 11.3. The average molecular weight is 291 g/mol. The lowest BCUT2D eigenvalue weighted by atomic mass is 10.1. The van der Waals surface area contributed by atoms with Gasteiger partial charge in [0.25, 0.3) is 0 Å². The van der Waals surface area contributed by atoms with Crippen molar-refractivity contribution in [3.05, 3.63) is 23.8 Å². The Morgan fingerprint density at radius 1 is 1.30 bits per heavy atom. The summed E-state index contributed by atoms with van der Waals surface area (Å²) in [5.74, 6) is -3.54. The predicted molar refractivity (Wildman–Crippen MR) is 63.9 cm³/mol. The zero-order chi connectivity index (χ0) is 15.5. The molecule has 8 heteroatoms. The molecule has 2 N–H and O–H groups in total. The van der Waals surface area contributed by atoms with Crippen molar-refractivity contribution in [2.45, 2.75) is 26.1 Å². The second kappa shape index (κ2) is 5.81. The number of carboxylic acids is 1. The number of nitrogens with one attached hydrogen (secondary N) is 1. The summed E-state index contributed by atoms with van der Waals surface area (Å²) in [7, 11) is 0. The average Bonchev–Trinajstić information content (AvgIpc) is 2.26. The third-order valence-corrected chi connectivity index (χ3v) is 2.09. The van der Waals surface area contributed by atoms with Crippen LogP contribution in [0.1, 0.15) is 24.2 Å². The predicted octanol–water partition coefficient (Wildman–Crippen LogP) is 2.67. The summed E-state index contributed by atoms with van der Waals surface area (Å²) in [5.41, 5.74) is -0.406. The first kappa shape index (κ1) is 15.8. The Hall–Kier alpha value is -2.25. The van der Waals surface area contributed by atoms with E-state index < -0.39 is 18.1 Å². The first-order chi connectivity index (χ1) is 9.11. The van der Waals surface area contributed by atoms with Gasteiger partial charge < -0.3 is 15.2 Å². The number of benzene rings is 1. The molecule has 0 heterocycles. The quantitative estimate of drug-likeness (QED) is 0.894. The highest BCUT2D eigenvalue weighted by Crippen LogP contribution is 2.26. The molecule has 0 saturated heterocycles. The van der Waals surface area contributed by atoms with Gasteiger partial charge in [-0.2, -0.15) is 13.2 Å². The number of rotatable bonds is 4. The van der Waals surface area contributed by atoms with E-state index in [0.717, 1.165) is 18.2 Å². The van der Waals surface area contributed by atoms with Crippen molar-refractivity contribution in [2.75, 3.05) is 5.32 Å². The summed E-state index contributed by atoms with van der Waals surface area (Å²) in [6.07, 6.45) is -5.40. The molecule has 1 amide bonds. The molecule has 0 spiro atoms. The summed E-state index contributed by atoms with van der Waals surface area (Å²) in [5, 5.41) is 10.6. The topological polar surface area (TPSA) is 75.6 Å². The first-order valence-electron chi connectivity index (χ1n) is 5.53. The van der Waals surface area contributed by atoms with Crippen LogP contribution >= 0.6 is 0 Å². The molecule has 5 nitrogen and oxygen atoms in total. The van der Waals surface area contributed by atoms with Crippen molar-refractivity contribution in [3.8, 4) is 5.75 Å². The molecule has 0 unspecified atom stereocenters. The summed E-state index contributed by atoms with van der Waals surface area (Å²) in [6, 6.07) is 3.15. The van der Waals surface area contributed by atoms with Gasteiger partial charge in [0.05, 0.1) is 6.10 Å². The molecule has 0 aliphatic carbocycles. The molecule has 0 aliphatic rings. The largest absolute Gasteiger partial charge is 0.490 e. The second-order valence-electron chi connectivity index (χ2n) is 4.13. The number of amides is 1. The lowest BCUT2D eigenvalue weighted by Crippen LogP contribution is -2.30. The molecule has 0 aromatic heterocycles. The molecule has 0 saturated carbocycles. The fourth-order valence-corrected chi connectivity index (χ4v) is 1.33. The highest BCUT2D eigenvalue weighted by atomic mass is 19.4. The van der Waals surface area contributed by atoms with Crippen molar-refractivity contribution >= 4 is 17.6 Å². The Bertz CT molecular complexity index is 526. The maximum Gasteiger partial charge on any atom is 0.471 e. The van der Waals surface area contributed by atoms with Gasteiger partial charge in [-0.1, -0.05) is 0 Å². The maximum atomic E-state index is 12.1. The number of ether oxygens (including phenoxy) is 1. The number of halogens is 3. The number of aromatic carboxylic acids is 1. The summed E-state index contributed by atoms with van der Waals surface area (Å²) in [4.78, 5) is 21.7. The Morgan fingerprint density at radius 2 is 1.90 bits per heavy atom. The van der Waals surface area contributed by atoms with Crippen molar-refractivity contribution in [1.29, 1.82) is 0 Å². The van der Waals surface area contributed by atoms with Gasteiger partial charge in [0.2, 0.25) is 0 Å². The van der Waals surface area contributed by atoms with E-state index in [-0.39, 0.29) is 23.1 Å². The monoisotopic (exact) mass is 291 g/mol. The van der Waals surface area contributed by atoms with Gasteiger partial charge in [-0.25, -0.2) is 4.79 Å². The van der Waals surface area contributed by atoms with E-state index in [9.17, 15) is 22.8 Å². The highest BCUT2D eigenvalue weighted by molar-refractivity contribution is 5.96. The number of hydrogen-bond acceptors (Lipinski definition) is 3. The fraction of sp³-hybridized carbons (Fsp3) is 0.333. The van der Waals surface area contributed by atoms with Crippen molar-refractivity contribution in [1.82, 2.24) is 0 Å². The van der Waals surface area contributed by atoms with Gasteiger partial charge in [-0.05, 0) is 26.0 Å². The molecule has 0 bridgehead atoms. The Balaban J connectivity index is 3.06. The Labute approximate surface area is 112 Å². The zero-order valence-electron chi connectivity index (χ0n) is 10.6. The van der Waals surface area contributed by atoms with Crippen LogP contribution in [0.25, 0.3) is 0 Å². The van der Waals surface area contributed by atoms with Crippen LogP contribution in [-0.2, 0) is 4.79 Å². The molecular formula is C12H12F3NO4. The third-order valence-electron chi connectivity index (χ3n) is 2.09. The van der Waals surface area contributed by atoms with Crippen LogP contribution in [0.4, 0.5) is 18.9 Å². The minimum absolute atomic E-state index is 0.118. The van der Waals surface area contributed by atoms with Crippen LogP contribution in [0.15, 0.2) is 18.2 Å². The molecule has 0 radical (unpaired) electrons. The van der Waals surface area contributed by atoms with Crippen molar-refractivity contribution < 1.29 is 32.6 Å². The summed E-state index contributed by atoms with van der Waals surface area (Å²) < 4.78 is 41.5. The van der Waals surface area contributed by atoms with E-state index in [4.69, 9.17) is 9.84 Å². The van der Waals surface area contributed by atoms with Crippen LogP contribution in [0.5, 0.6) is 5.75 Å². The number of hydrogen-bond donors (Lipinski definition) is 2. The molecule has 1 aromatic rings. The van der Waals surface area contributed by atoms with E-state index in [0.29, 0.717) is 0 Å². The minimum Gasteiger partial charge on any atom is -0.490 e. The second-order valence-corrected chi connectivity index (χ2v) is 4.13. The number of alkyl halides is 3. The van der Waals surface area contributed by atoms with Gasteiger partial charge in [-0.3, -0.25) is 4.79 Å². The molecule has 0 atom stereocenters. The van der Waals surface area contributed by atoms with Crippen molar-refractivity contribution in [2.24, 2.45) is 0 Å². The van der Waals surface area contributed by atoms with E-state index in [2.05, 4.69) is 0 Å². The van der Waals surface area contributed by atoms with E-state index >= 15 is 0 Å². The van der Waals surface area contributed by atoms with Gasteiger partial charge >= 0.3 is 18.1 Å². The van der Waals surface area contributed by atoms with E-state index in [1.54, 1.807) is 19.2 Å². The molecule has 0 fully saturated rings. The number of carbonyl (C=O) groups is 2. The van der Waals surface area contributed by atoms with E-state index in [1.807, 2.05) is 0 Å². The van der Waals surface area contributed by atoms with Crippen LogP contribution in [0.3, 0.4) is 0 Å². The minimum atomic E-state index is -5.02. The number of carboxylic acid groups (broad SMARTS) is 1. The van der Waals surface area contributed by atoms with Crippen LogP contribution in [-0.4, -0.2) is 29.3 Å². The van der Waals surface area contributed by atoms with Gasteiger partial charge in [0.1, 0.15) is 11.3 Å². The SMILES string of the molecule is CC(C)Oc1cc(NC(=O)C(F)(F)F)ccc1C(=O)O.